The predicted molar refractivity (Wildman–Crippen MR) is 99.7 cm³/mol. The van der Waals surface area contributed by atoms with Gasteiger partial charge >= 0.3 is 0 Å². The van der Waals surface area contributed by atoms with E-state index in [-0.39, 0.29) is 11.8 Å². The number of anilines is 1. The Labute approximate surface area is 150 Å². The molecule has 0 saturated carbocycles. The average molecular weight is 343 g/mol. The second kappa shape index (κ2) is 8.88. The molecule has 1 fully saturated rings. The Bertz CT molecular complexity index is 602. The van der Waals surface area contributed by atoms with Crippen LogP contribution in [-0.2, 0) is 16.0 Å². The van der Waals surface area contributed by atoms with Gasteiger partial charge in [-0.25, -0.2) is 0 Å². The first-order chi connectivity index (χ1) is 12.2. The molecule has 2 aliphatic heterocycles. The quantitative estimate of drug-likeness (QED) is 0.807. The Balaban J connectivity index is 1.39. The smallest absolute Gasteiger partial charge is 0.239 e. The number of benzene rings is 1. The van der Waals surface area contributed by atoms with E-state index >= 15 is 0 Å². The SMILES string of the molecule is O=C(CN1CCCc2ccccc21)NCCCN1CCCCCC1=O. The molecule has 1 saturated heterocycles. The highest BCUT2D eigenvalue weighted by molar-refractivity contribution is 5.82. The number of carbonyl (C=O) groups excluding carboxylic acids is 2. The summed E-state index contributed by atoms with van der Waals surface area (Å²) in [4.78, 5) is 28.3. The number of fused-ring (bicyclic) bond motifs is 1. The van der Waals surface area contributed by atoms with Crippen LogP contribution in [0.25, 0.3) is 0 Å². The fraction of sp³-hybridized carbons (Fsp3) is 0.600. The minimum Gasteiger partial charge on any atom is -0.362 e. The van der Waals surface area contributed by atoms with Crippen LogP contribution in [0.3, 0.4) is 0 Å². The number of amides is 2. The summed E-state index contributed by atoms with van der Waals surface area (Å²) in [5.41, 5.74) is 2.53. The van der Waals surface area contributed by atoms with E-state index in [0.717, 1.165) is 58.2 Å². The fourth-order valence-electron chi connectivity index (χ4n) is 3.78. The van der Waals surface area contributed by atoms with Gasteiger partial charge in [0.25, 0.3) is 0 Å². The highest BCUT2D eigenvalue weighted by Crippen LogP contribution is 2.26. The van der Waals surface area contributed by atoms with Crippen molar-refractivity contribution in [2.24, 2.45) is 0 Å². The van der Waals surface area contributed by atoms with Gasteiger partial charge in [-0.2, -0.15) is 0 Å². The van der Waals surface area contributed by atoms with Crippen LogP contribution in [0.1, 0.15) is 44.1 Å². The molecule has 1 aromatic carbocycles. The number of rotatable bonds is 6. The third-order valence-corrected chi connectivity index (χ3v) is 5.14. The summed E-state index contributed by atoms with van der Waals surface area (Å²) in [5.74, 6) is 0.340. The van der Waals surface area contributed by atoms with E-state index in [1.165, 1.54) is 11.3 Å². The third-order valence-electron chi connectivity index (χ3n) is 5.14. The van der Waals surface area contributed by atoms with Crippen molar-refractivity contribution in [3.8, 4) is 0 Å². The lowest BCUT2D eigenvalue weighted by Gasteiger charge is -2.30. The Morgan fingerprint density at radius 2 is 1.84 bits per heavy atom. The number of hydrogen-bond acceptors (Lipinski definition) is 3. The van der Waals surface area contributed by atoms with Gasteiger partial charge in [-0.3, -0.25) is 9.59 Å². The van der Waals surface area contributed by atoms with Gasteiger partial charge in [0.1, 0.15) is 0 Å². The molecule has 2 amide bonds. The molecule has 25 heavy (non-hydrogen) atoms. The predicted octanol–water partition coefficient (Wildman–Crippen LogP) is 2.35. The van der Waals surface area contributed by atoms with Gasteiger partial charge in [-0.1, -0.05) is 24.6 Å². The van der Waals surface area contributed by atoms with Gasteiger partial charge < -0.3 is 15.1 Å². The van der Waals surface area contributed by atoms with E-state index in [1.54, 1.807) is 0 Å². The number of nitrogens with zero attached hydrogens (tertiary/aromatic N) is 2. The second-order valence-electron chi connectivity index (χ2n) is 7.05. The zero-order valence-electron chi connectivity index (χ0n) is 15.0. The summed E-state index contributed by atoms with van der Waals surface area (Å²) in [7, 11) is 0. The Kier molecular flexibility index (Phi) is 6.31. The summed E-state index contributed by atoms with van der Waals surface area (Å²) in [6.07, 6.45) is 6.97. The van der Waals surface area contributed by atoms with Gasteiger partial charge in [-0.15, -0.1) is 0 Å². The molecule has 1 N–H and O–H groups in total. The van der Waals surface area contributed by atoms with E-state index < -0.39 is 0 Å². The molecular weight excluding hydrogens is 314 g/mol. The van der Waals surface area contributed by atoms with Crippen LogP contribution >= 0.6 is 0 Å². The lowest BCUT2D eigenvalue weighted by atomic mass is 10.0. The maximum Gasteiger partial charge on any atom is 0.239 e. The van der Waals surface area contributed by atoms with Gasteiger partial charge in [0.15, 0.2) is 0 Å². The Morgan fingerprint density at radius 1 is 1.00 bits per heavy atom. The van der Waals surface area contributed by atoms with Crippen LogP contribution < -0.4 is 10.2 Å². The molecule has 3 rings (SSSR count). The van der Waals surface area contributed by atoms with Gasteiger partial charge in [0, 0.05) is 38.3 Å². The first-order valence-electron chi connectivity index (χ1n) is 9.61. The molecule has 0 aromatic heterocycles. The molecule has 5 nitrogen and oxygen atoms in total. The van der Waals surface area contributed by atoms with Crippen LogP contribution in [0.15, 0.2) is 24.3 Å². The number of nitrogens with one attached hydrogen (secondary N) is 1. The summed E-state index contributed by atoms with van der Waals surface area (Å²) < 4.78 is 0. The topological polar surface area (TPSA) is 52.7 Å². The van der Waals surface area contributed by atoms with Gasteiger partial charge in [0.2, 0.25) is 11.8 Å². The first kappa shape index (κ1) is 17.8. The maximum atomic E-state index is 12.3. The summed E-state index contributed by atoms with van der Waals surface area (Å²) in [5, 5.41) is 3.01. The summed E-state index contributed by atoms with van der Waals surface area (Å²) in [6.45, 7) is 3.62. The molecule has 0 unspecified atom stereocenters. The molecule has 136 valence electrons. The second-order valence-corrected chi connectivity index (χ2v) is 7.05. The minimum absolute atomic E-state index is 0.0684. The highest BCUT2D eigenvalue weighted by atomic mass is 16.2. The van der Waals surface area contributed by atoms with E-state index in [2.05, 4.69) is 28.4 Å². The van der Waals surface area contributed by atoms with Crippen molar-refractivity contribution in [1.29, 1.82) is 0 Å². The number of aryl methyl sites for hydroxylation is 1. The zero-order valence-corrected chi connectivity index (χ0v) is 15.0. The van der Waals surface area contributed by atoms with E-state index in [4.69, 9.17) is 0 Å². The molecule has 0 atom stereocenters. The van der Waals surface area contributed by atoms with Crippen LogP contribution in [0.4, 0.5) is 5.69 Å². The Hall–Kier alpha value is -2.04. The normalized spacial score (nSPS) is 17.8. The molecule has 2 aliphatic rings. The molecule has 0 aliphatic carbocycles. The molecule has 1 aromatic rings. The van der Waals surface area contributed by atoms with Crippen molar-refractivity contribution >= 4 is 17.5 Å². The monoisotopic (exact) mass is 343 g/mol. The van der Waals surface area contributed by atoms with E-state index in [1.807, 2.05) is 11.0 Å². The van der Waals surface area contributed by atoms with Crippen LogP contribution in [0.5, 0.6) is 0 Å². The van der Waals surface area contributed by atoms with Crippen molar-refractivity contribution in [3.63, 3.8) is 0 Å². The first-order valence-corrected chi connectivity index (χ1v) is 9.61. The summed E-state index contributed by atoms with van der Waals surface area (Å²) >= 11 is 0. The molecule has 2 heterocycles. The van der Waals surface area contributed by atoms with Crippen LogP contribution in [0, 0.1) is 0 Å². The van der Waals surface area contributed by atoms with Crippen molar-refractivity contribution in [1.82, 2.24) is 10.2 Å². The molecular formula is C20H29N3O2. The fourth-order valence-corrected chi connectivity index (χ4v) is 3.78. The molecule has 5 heteroatoms. The van der Waals surface area contributed by atoms with Crippen molar-refractivity contribution in [3.05, 3.63) is 29.8 Å². The molecule has 0 bridgehead atoms. The third kappa shape index (κ3) is 4.97. The summed E-state index contributed by atoms with van der Waals surface area (Å²) in [6, 6.07) is 8.35. The van der Waals surface area contributed by atoms with Crippen LogP contribution in [-0.4, -0.2) is 49.4 Å². The number of likely N-dealkylation sites (tertiary alicyclic amines) is 1. The van der Waals surface area contributed by atoms with Gasteiger partial charge in [0.05, 0.1) is 6.54 Å². The van der Waals surface area contributed by atoms with Crippen molar-refractivity contribution in [2.75, 3.05) is 37.6 Å². The van der Waals surface area contributed by atoms with E-state index in [0.29, 0.717) is 19.5 Å². The molecule has 0 radical (unpaired) electrons. The van der Waals surface area contributed by atoms with Gasteiger partial charge in [-0.05, 0) is 43.7 Å². The Morgan fingerprint density at radius 3 is 2.76 bits per heavy atom. The number of hydrogen-bond donors (Lipinski definition) is 1. The number of carbonyl (C=O) groups is 2. The molecule has 0 spiro atoms. The van der Waals surface area contributed by atoms with Crippen molar-refractivity contribution in [2.45, 2.75) is 44.9 Å². The highest BCUT2D eigenvalue weighted by Gasteiger charge is 2.19. The lowest BCUT2D eigenvalue weighted by Crippen LogP contribution is -2.40. The van der Waals surface area contributed by atoms with Crippen molar-refractivity contribution < 1.29 is 9.59 Å². The van der Waals surface area contributed by atoms with Crippen LogP contribution in [0.2, 0.25) is 0 Å². The zero-order chi connectivity index (χ0) is 17.5. The standard InChI is InChI=1S/C20H29N3O2/c24-19(16-23-14-6-9-17-8-3-4-10-18(17)23)21-12-7-15-22-13-5-1-2-11-20(22)25/h3-4,8,10H,1-2,5-7,9,11-16H2,(H,21,24). The lowest BCUT2D eigenvalue weighted by molar-refractivity contribution is -0.130. The largest absolute Gasteiger partial charge is 0.362 e. The maximum absolute atomic E-state index is 12.3. The number of para-hydroxylation sites is 1. The average Bonchev–Trinajstić information content (AvgIpc) is 2.83. The van der Waals surface area contributed by atoms with E-state index in [9.17, 15) is 9.59 Å². The minimum atomic E-state index is 0.0684.